The first-order chi connectivity index (χ1) is 30.4. The maximum absolute atomic E-state index is 11.9. The van der Waals surface area contributed by atoms with Crippen LogP contribution in [0.25, 0.3) is 33.4 Å². The van der Waals surface area contributed by atoms with Crippen molar-refractivity contribution in [1.82, 2.24) is 16.0 Å². The minimum Gasteiger partial charge on any atom is -0.480 e. The Hall–Kier alpha value is -6.80. The van der Waals surface area contributed by atoms with Crippen LogP contribution in [0.1, 0.15) is 56.7 Å². The van der Waals surface area contributed by atoms with Gasteiger partial charge in [-0.2, -0.15) is 0 Å². The summed E-state index contributed by atoms with van der Waals surface area (Å²) in [5.41, 5.74) is 9.58. The number of hydrogen-bond acceptors (Lipinski definition) is 4. The van der Waals surface area contributed by atoms with Gasteiger partial charge in [0, 0.05) is 30.0 Å². The van der Waals surface area contributed by atoms with Crippen molar-refractivity contribution in [2.45, 2.75) is 77.4 Å². The summed E-state index contributed by atoms with van der Waals surface area (Å²) in [5.74, 6) is -0.758. The molecule has 3 heterocycles. The highest BCUT2D eigenvalue weighted by Gasteiger charge is 2.49. The van der Waals surface area contributed by atoms with Crippen molar-refractivity contribution < 1.29 is 24.3 Å². The number of carbonyl (C=O) groups is 4. The summed E-state index contributed by atoms with van der Waals surface area (Å²) in [6.07, 6.45) is 4.69. The predicted octanol–water partition coefficient (Wildman–Crippen LogP) is 9.72. The number of carboxylic acid groups (broad SMARTS) is 1. The molecule has 3 aliphatic heterocycles. The molecular weight excluding hydrogens is 783 g/mol. The number of carbonyl (C=O) groups excluding carboxylic acids is 3. The Bertz CT molecular complexity index is 2350. The van der Waals surface area contributed by atoms with Crippen LogP contribution in [-0.4, -0.2) is 46.9 Å². The fourth-order valence-corrected chi connectivity index (χ4v) is 8.68. The Morgan fingerprint density at radius 2 is 0.778 bits per heavy atom. The zero-order valence-electron chi connectivity index (χ0n) is 36.3. The third kappa shape index (κ3) is 11.6. The lowest BCUT2D eigenvalue weighted by Crippen LogP contribution is -2.36. The van der Waals surface area contributed by atoms with Gasteiger partial charge in [0.25, 0.3) is 0 Å². The van der Waals surface area contributed by atoms with Crippen LogP contribution in [0.2, 0.25) is 0 Å². The van der Waals surface area contributed by atoms with Crippen molar-refractivity contribution in [2.24, 2.45) is 17.3 Å². The van der Waals surface area contributed by atoms with Crippen LogP contribution < -0.4 is 16.0 Å². The molecule has 0 bridgehead atoms. The molecule has 6 aromatic carbocycles. The number of carboxylic acids is 1. The van der Waals surface area contributed by atoms with Crippen LogP contribution in [0.4, 0.5) is 0 Å². The van der Waals surface area contributed by atoms with E-state index in [1.54, 1.807) is 0 Å². The van der Waals surface area contributed by atoms with E-state index in [1.165, 1.54) is 40.3 Å². The highest BCUT2D eigenvalue weighted by molar-refractivity contribution is 6.03. The van der Waals surface area contributed by atoms with Gasteiger partial charge < -0.3 is 21.1 Å². The number of hydrogen-bond donors (Lipinski definition) is 4. The van der Waals surface area contributed by atoms with Crippen molar-refractivity contribution in [3.63, 3.8) is 0 Å². The minimum atomic E-state index is -1.31. The monoisotopic (exact) mass is 839 g/mol. The summed E-state index contributed by atoms with van der Waals surface area (Å²) in [5, 5.41) is 18.1. The first-order valence-electron chi connectivity index (χ1n) is 22.0. The van der Waals surface area contributed by atoms with Gasteiger partial charge in [-0.15, -0.1) is 0 Å². The lowest BCUT2D eigenvalue weighted by Gasteiger charge is -2.14. The highest BCUT2D eigenvalue weighted by atomic mass is 16.4. The van der Waals surface area contributed by atoms with Gasteiger partial charge in [-0.05, 0) is 95.5 Å². The Balaban J connectivity index is 0.000000142. The van der Waals surface area contributed by atoms with Gasteiger partial charge in [-0.3, -0.25) is 19.2 Å². The van der Waals surface area contributed by atoms with E-state index in [1.807, 2.05) is 56.3 Å². The van der Waals surface area contributed by atoms with E-state index in [2.05, 4.69) is 137 Å². The van der Waals surface area contributed by atoms with Crippen LogP contribution in [-0.2, 0) is 38.4 Å². The second kappa shape index (κ2) is 20.4. The molecule has 0 radical (unpaired) electrons. The molecule has 3 saturated heterocycles. The zero-order chi connectivity index (χ0) is 44.3. The lowest BCUT2D eigenvalue weighted by molar-refractivity contribution is -0.152. The molecule has 8 heteroatoms. The van der Waals surface area contributed by atoms with E-state index >= 15 is 0 Å². The fourth-order valence-electron chi connectivity index (χ4n) is 8.68. The van der Waals surface area contributed by atoms with Gasteiger partial charge in [0.1, 0.15) is 5.41 Å². The standard InChI is InChI=1S/C19H19NO3.2C18H19NO/c1-19(18(22)23)12-16(20-17(19)21)11-13-7-9-15(10-8-13)14-5-3-2-4-6-14;2*1-13-11-17(19-18(13)20)12-14-7-9-16(10-8-14)15-5-3-2-4-6-15/h2-10,16H,11-12H2,1H3,(H,20,21)(H,22,23);2*2-10,13,17H,11-12H2,1H3,(H,19,20)/t16-,19?;13?,17-;13-,17-/m100/s1. The average molecular weight is 840 g/mol. The summed E-state index contributed by atoms with van der Waals surface area (Å²) in [6, 6.07) is 56.8. The summed E-state index contributed by atoms with van der Waals surface area (Å²) in [6.45, 7) is 5.48. The number of nitrogens with one attached hydrogen (secondary N) is 3. The molecule has 3 amide bonds. The molecule has 9 rings (SSSR count). The molecule has 0 aliphatic carbocycles. The SMILES string of the molecule is CC1(C(=O)O)C[C@@H](Cc2ccc(-c3ccccc3)cc2)NC1=O.CC1C[C@@H](Cc2ccc(-c3ccccc3)cc2)NC1=O.C[C@H]1C[C@@H](Cc2ccc(-c3ccccc3)cc2)NC1=O. The van der Waals surface area contributed by atoms with Crippen LogP contribution in [0.15, 0.2) is 164 Å². The molecule has 6 aromatic rings. The van der Waals surface area contributed by atoms with Gasteiger partial charge in [0.15, 0.2) is 0 Å². The number of benzene rings is 6. The third-order valence-corrected chi connectivity index (χ3v) is 12.5. The molecule has 63 heavy (non-hydrogen) atoms. The van der Waals surface area contributed by atoms with Gasteiger partial charge >= 0.3 is 5.97 Å². The first kappa shape index (κ1) is 44.3. The highest BCUT2D eigenvalue weighted by Crippen LogP contribution is 2.32. The quantitative estimate of drug-likeness (QED) is 0.102. The largest absolute Gasteiger partial charge is 0.480 e. The molecule has 8 nitrogen and oxygen atoms in total. The van der Waals surface area contributed by atoms with E-state index in [0.717, 1.165) is 42.4 Å². The van der Waals surface area contributed by atoms with E-state index in [-0.39, 0.29) is 29.7 Å². The zero-order valence-corrected chi connectivity index (χ0v) is 36.3. The van der Waals surface area contributed by atoms with Crippen LogP contribution in [0.5, 0.6) is 0 Å². The number of aliphatic carboxylic acids is 1. The molecule has 0 aromatic heterocycles. The molecule has 0 saturated carbocycles. The first-order valence-corrected chi connectivity index (χ1v) is 22.0. The Kier molecular flexibility index (Phi) is 14.3. The lowest BCUT2D eigenvalue weighted by atomic mass is 9.86. The molecule has 0 spiro atoms. The van der Waals surface area contributed by atoms with Crippen molar-refractivity contribution in [3.8, 4) is 33.4 Å². The normalized spacial score (nSPS) is 22.4. The Morgan fingerprint density at radius 3 is 1.05 bits per heavy atom. The van der Waals surface area contributed by atoms with Crippen LogP contribution in [0.3, 0.4) is 0 Å². The van der Waals surface area contributed by atoms with Crippen molar-refractivity contribution in [3.05, 3.63) is 180 Å². The van der Waals surface area contributed by atoms with Crippen LogP contribution in [0, 0.1) is 17.3 Å². The fraction of sp³-hybridized carbons (Fsp3) is 0.273. The molecule has 4 N–H and O–H groups in total. The van der Waals surface area contributed by atoms with E-state index in [9.17, 15) is 24.3 Å². The maximum Gasteiger partial charge on any atom is 0.318 e. The minimum absolute atomic E-state index is 0.133. The Morgan fingerprint density at radius 1 is 0.476 bits per heavy atom. The molecule has 2 unspecified atom stereocenters. The molecule has 3 aliphatic rings. The summed E-state index contributed by atoms with van der Waals surface area (Å²) in [4.78, 5) is 46.2. The van der Waals surface area contributed by atoms with Gasteiger partial charge in [0.05, 0.1) is 0 Å². The summed E-state index contributed by atoms with van der Waals surface area (Å²) in [7, 11) is 0. The molecular formula is C55H57N3O5. The van der Waals surface area contributed by atoms with Gasteiger partial charge in [0.2, 0.25) is 17.7 Å². The Labute approximate surface area is 371 Å². The second-order valence-electron chi connectivity index (χ2n) is 17.5. The third-order valence-electron chi connectivity index (χ3n) is 12.5. The molecule has 322 valence electrons. The van der Waals surface area contributed by atoms with Crippen molar-refractivity contribution in [1.29, 1.82) is 0 Å². The van der Waals surface area contributed by atoms with E-state index < -0.39 is 17.3 Å². The second-order valence-corrected chi connectivity index (χ2v) is 17.5. The van der Waals surface area contributed by atoms with Crippen molar-refractivity contribution in [2.75, 3.05) is 0 Å². The molecule has 6 atom stereocenters. The van der Waals surface area contributed by atoms with Gasteiger partial charge in [-0.25, -0.2) is 0 Å². The maximum atomic E-state index is 11.9. The average Bonchev–Trinajstić information content (AvgIpc) is 3.92. The molecule has 3 fully saturated rings. The number of amides is 3. The van der Waals surface area contributed by atoms with Gasteiger partial charge in [-0.1, -0.05) is 178 Å². The predicted molar refractivity (Wildman–Crippen MR) is 250 cm³/mol. The smallest absolute Gasteiger partial charge is 0.318 e. The summed E-state index contributed by atoms with van der Waals surface area (Å²) < 4.78 is 0. The van der Waals surface area contributed by atoms with E-state index in [4.69, 9.17) is 0 Å². The van der Waals surface area contributed by atoms with Crippen LogP contribution >= 0.6 is 0 Å². The van der Waals surface area contributed by atoms with Crippen molar-refractivity contribution >= 4 is 23.7 Å². The topological polar surface area (TPSA) is 125 Å². The summed E-state index contributed by atoms with van der Waals surface area (Å²) >= 11 is 0. The number of rotatable bonds is 10. The van der Waals surface area contributed by atoms with E-state index in [0.29, 0.717) is 24.9 Å².